The second-order valence-electron chi connectivity index (χ2n) is 7.03. The van der Waals surface area contributed by atoms with Crippen LogP contribution in [0.3, 0.4) is 0 Å². The monoisotopic (exact) mass is 294 g/mol. The second kappa shape index (κ2) is 6.73. The summed E-state index contributed by atoms with van der Waals surface area (Å²) in [4.78, 5) is 0. The minimum absolute atomic E-state index is 0.147. The molecule has 0 bridgehead atoms. The summed E-state index contributed by atoms with van der Waals surface area (Å²) in [7, 11) is -3.40. The van der Waals surface area contributed by atoms with Crippen LogP contribution in [-0.2, 0) is 13.6 Å². The van der Waals surface area contributed by atoms with Gasteiger partial charge in [0.1, 0.15) is 6.16 Å². The second-order valence-corrected chi connectivity index (χ2v) is 9.08. The van der Waals surface area contributed by atoms with Gasteiger partial charge in [0.2, 0.25) is 0 Å². The van der Waals surface area contributed by atoms with Crippen LogP contribution in [0.4, 0.5) is 0 Å². The average molecular weight is 294 g/mol. The summed E-state index contributed by atoms with van der Waals surface area (Å²) >= 11 is 0. The van der Waals surface area contributed by atoms with Gasteiger partial charge in [-0.1, -0.05) is 46.7 Å². The highest BCUT2D eigenvalue weighted by molar-refractivity contribution is 7.54. The first kappa shape index (κ1) is 18.4. The Labute approximate surface area is 115 Å². The van der Waals surface area contributed by atoms with Crippen molar-refractivity contribution in [2.75, 3.05) is 19.4 Å². The molecule has 0 rings (SSSR count). The predicted molar refractivity (Wildman–Crippen MR) is 76.7 cm³/mol. The van der Waals surface area contributed by atoms with Crippen LogP contribution in [0.2, 0.25) is 0 Å². The maximum absolute atomic E-state index is 12.6. The van der Waals surface area contributed by atoms with Gasteiger partial charge in [0, 0.05) is 0 Å². The number of hydrogen-bond donors (Lipinski definition) is 2. The average Bonchev–Trinajstić information content (AvgIpc) is 2.22. The van der Waals surface area contributed by atoms with Crippen LogP contribution in [-0.4, -0.2) is 30.4 Å². The van der Waals surface area contributed by atoms with Gasteiger partial charge in [0.15, 0.2) is 5.84 Å². The van der Waals surface area contributed by atoms with Gasteiger partial charge in [-0.3, -0.25) is 4.57 Å². The first-order valence-electron chi connectivity index (χ1n) is 6.21. The van der Waals surface area contributed by atoms with E-state index in [1.165, 1.54) is 0 Å². The molecule has 6 nitrogen and oxygen atoms in total. The molecule has 3 N–H and O–H groups in total. The minimum atomic E-state index is -3.40. The zero-order chi connectivity index (χ0) is 15.3. The van der Waals surface area contributed by atoms with Crippen molar-refractivity contribution in [1.29, 1.82) is 0 Å². The number of rotatable bonds is 6. The van der Waals surface area contributed by atoms with E-state index in [0.29, 0.717) is 0 Å². The summed E-state index contributed by atoms with van der Waals surface area (Å²) in [6.45, 7) is 12.3. The molecule has 0 radical (unpaired) electrons. The molecule has 0 heterocycles. The van der Waals surface area contributed by atoms with Gasteiger partial charge in [-0.25, -0.2) is 0 Å². The molecule has 0 saturated heterocycles. The molecule has 114 valence electrons. The molecule has 0 saturated carbocycles. The highest BCUT2D eigenvalue weighted by Gasteiger charge is 2.30. The Balaban J connectivity index is 4.77. The van der Waals surface area contributed by atoms with E-state index in [9.17, 15) is 4.57 Å². The van der Waals surface area contributed by atoms with Crippen molar-refractivity contribution in [2.24, 2.45) is 21.7 Å². The van der Waals surface area contributed by atoms with Crippen LogP contribution in [0, 0.1) is 10.8 Å². The highest BCUT2D eigenvalue weighted by Crippen LogP contribution is 2.50. The molecular weight excluding hydrogens is 267 g/mol. The standard InChI is InChI=1S/C12H27N2O4P/c1-11(2,3)8-17-19(16,7-10(13)14-15)18-9-12(4,5)6/h15H,7-9H2,1-6H3,(H2,13,14). The van der Waals surface area contributed by atoms with Crippen molar-refractivity contribution >= 4 is 13.4 Å². The summed E-state index contributed by atoms with van der Waals surface area (Å²) < 4.78 is 23.4. The van der Waals surface area contributed by atoms with E-state index in [0.717, 1.165) is 0 Å². The summed E-state index contributed by atoms with van der Waals surface area (Å²) in [6.07, 6.45) is -0.213. The Hall–Kier alpha value is -0.580. The molecule has 0 aliphatic heterocycles. The fourth-order valence-corrected chi connectivity index (χ4v) is 2.83. The van der Waals surface area contributed by atoms with Crippen LogP contribution in [0.1, 0.15) is 41.5 Å². The zero-order valence-electron chi connectivity index (χ0n) is 12.8. The zero-order valence-corrected chi connectivity index (χ0v) is 13.7. The molecule has 0 fully saturated rings. The summed E-state index contributed by atoms with van der Waals surface area (Å²) in [6, 6.07) is 0. The van der Waals surface area contributed by atoms with Crippen molar-refractivity contribution in [1.82, 2.24) is 0 Å². The third-order valence-electron chi connectivity index (χ3n) is 1.87. The quantitative estimate of drug-likeness (QED) is 0.258. The van der Waals surface area contributed by atoms with Gasteiger partial charge in [0.05, 0.1) is 13.2 Å². The topological polar surface area (TPSA) is 94.1 Å². The molecule has 0 atom stereocenters. The van der Waals surface area contributed by atoms with Crippen molar-refractivity contribution in [3.8, 4) is 0 Å². The van der Waals surface area contributed by atoms with Gasteiger partial charge < -0.3 is 20.0 Å². The Morgan fingerprint density at radius 1 is 1.11 bits per heavy atom. The normalized spacial score (nSPS) is 14.7. The molecule has 0 amide bonds. The first-order chi connectivity index (χ1) is 8.37. The van der Waals surface area contributed by atoms with E-state index in [1.54, 1.807) is 0 Å². The van der Waals surface area contributed by atoms with Gasteiger partial charge in [-0.2, -0.15) is 0 Å². The Morgan fingerprint density at radius 2 is 1.47 bits per heavy atom. The van der Waals surface area contributed by atoms with Gasteiger partial charge >= 0.3 is 7.60 Å². The van der Waals surface area contributed by atoms with E-state index in [-0.39, 0.29) is 36.0 Å². The van der Waals surface area contributed by atoms with Crippen molar-refractivity contribution in [3.63, 3.8) is 0 Å². The molecule has 0 aromatic carbocycles. The van der Waals surface area contributed by atoms with Crippen LogP contribution in [0.5, 0.6) is 0 Å². The largest absolute Gasteiger partial charge is 0.409 e. The number of oxime groups is 1. The van der Waals surface area contributed by atoms with Gasteiger partial charge in [-0.05, 0) is 10.8 Å². The highest BCUT2D eigenvalue weighted by atomic mass is 31.2. The molecule has 19 heavy (non-hydrogen) atoms. The number of hydrogen-bond acceptors (Lipinski definition) is 5. The molecular formula is C12H27N2O4P. The fraction of sp³-hybridized carbons (Fsp3) is 0.917. The Morgan fingerprint density at radius 3 is 1.74 bits per heavy atom. The molecule has 0 aliphatic carbocycles. The van der Waals surface area contributed by atoms with E-state index in [4.69, 9.17) is 20.0 Å². The lowest BCUT2D eigenvalue weighted by atomic mass is 9.99. The number of nitrogens with zero attached hydrogens (tertiary/aromatic N) is 1. The van der Waals surface area contributed by atoms with Crippen LogP contribution < -0.4 is 5.73 Å². The lowest BCUT2D eigenvalue weighted by Gasteiger charge is -2.26. The van der Waals surface area contributed by atoms with Crippen LogP contribution >= 0.6 is 7.60 Å². The smallest absolute Gasteiger partial charge is 0.338 e. The maximum atomic E-state index is 12.6. The fourth-order valence-electron chi connectivity index (χ4n) is 0.943. The number of amidine groups is 1. The minimum Gasteiger partial charge on any atom is -0.409 e. The first-order valence-corrected chi connectivity index (χ1v) is 7.94. The molecule has 0 unspecified atom stereocenters. The van der Waals surface area contributed by atoms with E-state index in [2.05, 4.69) is 5.16 Å². The maximum Gasteiger partial charge on any atom is 0.338 e. The number of nitrogens with two attached hydrogens (primary N) is 1. The Bertz CT molecular complexity index is 334. The third kappa shape index (κ3) is 9.93. The summed E-state index contributed by atoms with van der Waals surface area (Å²) in [5.74, 6) is -0.161. The SMILES string of the molecule is CC(C)(C)COP(=O)(CC(N)=NO)OCC(C)(C)C. The third-order valence-corrected chi connectivity index (χ3v) is 3.63. The van der Waals surface area contributed by atoms with E-state index < -0.39 is 7.60 Å². The van der Waals surface area contributed by atoms with Crippen molar-refractivity contribution < 1.29 is 18.8 Å². The van der Waals surface area contributed by atoms with Gasteiger partial charge in [-0.15, -0.1) is 0 Å². The van der Waals surface area contributed by atoms with Crippen LogP contribution in [0.25, 0.3) is 0 Å². The van der Waals surface area contributed by atoms with Crippen molar-refractivity contribution in [3.05, 3.63) is 0 Å². The molecule has 0 aliphatic rings. The lowest BCUT2D eigenvalue weighted by Crippen LogP contribution is -2.23. The predicted octanol–water partition coefficient (Wildman–Crippen LogP) is 3.05. The summed E-state index contributed by atoms with van der Waals surface area (Å²) in [5.41, 5.74) is 5.11. The molecule has 7 heteroatoms. The molecule has 0 aromatic rings. The van der Waals surface area contributed by atoms with Crippen molar-refractivity contribution in [2.45, 2.75) is 41.5 Å². The van der Waals surface area contributed by atoms with E-state index in [1.807, 2.05) is 41.5 Å². The van der Waals surface area contributed by atoms with E-state index >= 15 is 0 Å². The molecule has 0 aromatic heterocycles. The van der Waals surface area contributed by atoms with Crippen LogP contribution in [0.15, 0.2) is 5.16 Å². The lowest BCUT2D eigenvalue weighted by molar-refractivity contribution is 0.125. The molecule has 0 spiro atoms. The van der Waals surface area contributed by atoms with Gasteiger partial charge in [0.25, 0.3) is 0 Å². The summed E-state index contributed by atoms with van der Waals surface area (Å²) in [5, 5.41) is 11.4. The Kier molecular flexibility index (Phi) is 6.52.